The molecule has 0 spiro atoms. The van der Waals surface area contributed by atoms with Crippen molar-refractivity contribution in [2.75, 3.05) is 18.4 Å². The van der Waals surface area contributed by atoms with E-state index in [1.54, 1.807) is 11.3 Å². The van der Waals surface area contributed by atoms with Crippen LogP contribution < -0.4 is 10.6 Å². The highest BCUT2D eigenvalue weighted by molar-refractivity contribution is 7.14. The summed E-state index contributed by atoms with van der Waals surface area (Å²) in [6.07, 6.45) is 2.91. The number of anilines is 1. The standard InChI is InChI=1S/C12H18N2OS/c1-9-4-7-16-12(9)14-11(15)8-10-2-5-13-6-3-10/h4,7,10,13H,2-3,5-6,8H2,1H3,(H,14,15). The number of thiophene rings is 1. The van der Waals surface area contributed by atoms with Gasteiger partial charge in [0.1, 0.15) is 0 Å². The Bertz CT molecular complexity index is 356. The molecule has 1 saturated heterocycles. The van der Waals surface area contributed by atoms with E-state index in [0.29, 0.717) is 12.3 Å². The molecule has 1 fully saturated rings. The van der Waals surface area contributed by atoms with Crippen molar-refractivity contribution in [1.29, 1.82) is 0 Å². The summed E-state index contributed by atoms with van der Waals surface area (Å²) in [7, 11) is 0. The van der Waals surface area contributed by atoms with E-state index in [9.17, 15) is 4.79 Å². The lowest BCUT2D eigenvalue weighted by molar-refractivity contribution is -0.117. The van der Waals surface area contributed by atoms with Gasteiger partial charge in [0.25, 0.3) is 0 Å². The molecule has 0 unspecified atom stereocenters. The topological polar surface area (TPSA) is 41.1 Å². The van der Waals surface area contributed by atoms with Crippen LogP contribution in [0.2, 0.25) is 0 Å². The number of nitrogens with one attached hydrogen (secondary N) is 2. The van der Waals surface area contributed by atoms with E-state index < -0.39 is 0 Å². The molecule has 1 aliphatic heterocycles. The van der Waals surface area contributed by atoms with Gasteiger partial charge in [0.05, 0.1) is 5.00 Å². The molecule has 2 rings (SSSR count). The molecule has 88 valence electrons. The number of carbonyl (C=O) groups is 1. The number of hydrogen-bond donors (Lipinski definition) is 2. The molecule has 0 bridgehead atoms. The molecular weight excluding hydrogens is 220 g/mol. The van der Waals surface area contributed by atoms with Gasteiger partial charge in [0.15, 0.2) is 0 Å². The number of aryl methyl sites for hydroxylation is 1. The number of rotatable bonds is 3. The molecule has 0 aliphatic carbocycles. The van der Waals surface area contributed by atoms with E-state index in [2.05, 4.69) is 10.6 Å². The van der Waals surface area contributed by atoms with Crippen LogP contribution in [0.4, 0.5) is 5.00 Å². The van der Waals surface area contributed by atoms with Crippen LogP contribution in [0.15, 0.2) is 11.4 Å². The third-order valence-electron chi connectivity index (χ3n) is 3.05. The zero-order chi connectivity index (χ0) is 11.4. The Labute approximate surface area is 100 Å². The smallest absolute Gasteiger partial charge is 0.225 e. The molecule has 16 heavy (non-hydrogen) atoms. The minimum absolute atomic E-state index is 0.164. The Balaban J connectivity index is 1.82. The highest BCUT2D eigenvalue weighted by atomic mass is 32.1. The van der Waals surface area contributed by atoms with Crippen molar-refractivity contribution in [3.05, 3.63) is 17.0 Å². The highest BCUT2D eigenvalue weighted by Gasteiger charge is 2.17. The summed E-state index contributed by atoms with van der Waals surface area (Å²) in [4.78, 5) is 11.8. The Morgan fingerprint density at radius 3 is 2.94 bits per heavy atom. The third-order valence-corrected chi connectivity index (χ3v) is 3.98. The molecular formula is C12H18N2OS. The Kier molecular flexibility index (Phi) is 3.96. The van der Waals surface area contributed by atoms with Crippen LogP contribution in [0.3, 0.4) is 0 Å². The van der Waals surface area contributed by atoms with Crippen LogP contribution in [0.1, 0.15) is 24.8 Å². The van der Waals surface area contributed by atoms with Gasteiger partial charge in [-0.25, -0.2) is 0 Å². The number of carbonyl (C=O) groups excluding carboxylic acids is 1. The lowest BCUT2D eigenvalue weighted by Crippen LogP contribution is -2.30. The maximum Gasteiger partial charge on any atom is 0.225 e. The summed E-state index contributed by atoms with van der Waals surface area (Å²) >= 11 is 1.60. The molecule has 2 heterocycles. The van der Waals surface area contributed by atoms with Crippen LogP contribution in [0.5, 0.6) is 0 Å². The summed E-state index contributed by atoms with van der Waals surface area (Å²) in [6.45, 7) is 4.13. The Morgan fingerprint density at radius 1 is 1.56 bits per heavy atom. The summed E-state index contributed by atoms with van der Waals surface area (Å²) < 4.78 is 0. The molecule has 4 heteroatoms. The van der Waals surface area contributed by atoms with Gasteiger partial charge in [-0.15, -0.1) is 11.3 Å². The average molecular weight is 238 g/mol. The summed E-state index contributed by atoms with van der Waals surface area (Å²) in [5.41, 5.74) is 1.16. The minimum atomic E-state index is 0.164. The number of piperidine rings is 1. The quantitative estimate of drug-likeness (QED) is 0.849. The van der Waals surface area contributed by atoms with Gasteiger partial charge in [0.2, 0.25) is 5.91 Å². The molecule has 1 aromatic rings. The second-order valence-corrected chi connectivity index (χ2v) is 5.29. The SMILES string of the molecule is Cc1ccsc1NC(=O)CC1CCNCC1. The van der Waals surface area contributed by atoms with Gasteiger partial charge < -0.3 is 10.6 Å². The van der Waals surface area contributed by atoms with Crippen molar-refractivity contribution in [2.45, 2.75) is 26.2 Å². The van der Waals surface area contributed by atoms with E-state index in [1.807, 2.05) is 18.4 Å². The van der Waals surface area contributed by atoms with Crippen molar-refractivity contribution in [1.82, 2.24) is 5.32 Å². The Morgan fingerprint density at radius 2 is 2.31 bits per heavy atom. The number of amides is 1. The van der Waals surface area contributed by atoms with Crippen molar-refractivity contribution in [3.63, 3.8) is 0 Å². The van der Waals surface area contributed by atoms with Crippen LogP contribution in [-0.2, 0) is 4.79 Å². The van der Waals surface area contributed by atoms with Gasteiger partial charge in [-0.3, -0.25) is 4.79 Å². The molecule has 3 nitrogen and oxygen atoms in total. The fourth-order valence-corrected chi connectivity index (χ4v) is 2.86. The molecule has 1 aliphatic rings. The van der Waals surface area contributed by atoms with E-state index in [1.165, 1.54) is 0 Å². The summed E-state index contributed by atoms with van der Waals surface area (Å²) in [5.74, 6) is 0.721. The first-order chi connectivity index (χ1) is 7.75. The van der Waals surface area contributed by atoms with Gasteiger partial charge >= 0.3 is 0 Å². The average Bonchev–Trinajstić information content (AvgIpc) is 2.66. The van der Waals surface area contributed by atoms with Crippen molar-refractivity contribution < 1.29 is 4.79 Å². The zero-order valence-electron chi connectivity index (χ0n) is 9.58. The third kappa shape index (κ3) is 3.06. The second kappa shape index (κ2) is 5.46. The van der Waals surface area contributed by atoms with E-state index in [0.717, 1.165) is 36.5 Å². The highest BCUT2D eigenvalue weighted by Crippen LogP contribution is 2.23. The monoisotopic (exact) mass is 238 g/mol. The molecule has 0 aromatic carbocycles. The maximum absolute atomic E-state index is 11.8. The van der Waals surface area contributed by atoms with Gasteiger partial charge in [0, 0.05) is 6.42 Å². The predicted octanol–water partition coefficient (Wildman–Crippen LogP) is 2.38. The maximum atomic E-state index is 11.8. The van der Waals surface area contributed by atoms with Crippen LogP contribution in [0, 0.1) is 12.8 Å². The van der Waals surface area contributed by atoms with Crippen LogP contribution >= 0.6 is 11.3 Å². The molecule has 1 amide bonds. The van der Waals surface area contributed by atoms with Crippen molar-refractivity contribution in [2.24, 2.45) is 5.92 Å². The van der Waals surface area contributed by atoms with Crippen molar-refractivity contribution in [3.8, 4) is 0 Å². The summed E-state index contributed by atoms with van der Waals surface area (Å²) in [5, 5.41) is 9.32. The van der Waals surface area contributed by atoms with E-state index in [4.69, 9.17) is 0 Å². The lowest BCUT2D eigenvalue weighted by atomic mass is 9.94. The van der Waals surface area contributed by atoms with Gasteiger partial charge in [-0.2, -0.15) is 0 Å². The van der Waals surface area contributed by atoms with E-state index >= 15 is 0 Å². The first-order valence-corrected chi connectivity index (χ1v) is 6.68. The predicted molar refractivity (Wildman–Crippen MR) is 67.9 cm³/mol. The molecule has 2 N–H and O–H groups in total. The number of hydrogen-bond acceptors (Lipinski definition) is 3. The van der Waals surface area contributed by atoms with Gasteiger partial charge in [-0.1, -0.05) is 0 Å². The largest absolute Gasteiger partial charge is 0.317 e. The van der Waals surface area contributed by atoms with Crippen LogP contribution in [0.25, 0.3) is 0 Å². The van der Waals surface area contributed by atoms with E-state index in [-0.39, 0.29) is 5.91 Å². The summed E-state index contributed by atoms with van der Waals surface area (Å²) in [6, 6.07) is 2.03. The van der Waals surface area contributed by atoms with Crippen molar-refractivity contribution >= 4 is 22.2 Å². The fourth-order valence-electron chi connectivity index (χ4n) is 2.03. The lowest BCUT2D eigenvalue weighted by Gasteiger charge is -2.21. The zero-order valence-corrected chi connectivity index (χ0v) is 10.4. The molecule has 0 saturated carbocycles. The van der Waals surface area contributed by atoms with Crippen LogP contribution in [-0.4, -0.2) is 19.0 Å². The first kappa shape index (κ1) is 11.6. The molecule has 0 atom stereocenters. The Hall–Kier alpha value is -0.870. The fraction of sp³-hybridized carbons (Fsp3) is 0.583. The first-order valence-electron chi connectivity index (χ1n) is 5.80. The second-order valence-electron chi connectivity index (χ2n) is 4.38. The minimum Gasteiger partial charge on any atom is -0.317 e. The normalized spacial score (nSPS) is 17.3. The molecule has 1 aromatic heterocycles. The van der Waals surface area contributed by atoms with Gasteiger partial charge in [-0.05, 0) is 55.8 Å². The molecule has 0 radical (unpaired) electrons.